The zero-order valence-electron chi connectivity index (χ0n) is 12.5. The number of methoxy groups -OCH3 is 1. The first-order chi connectivity index (χ1) is 11.4. The molecule has 1 aromatic carbocycles. The summed E-state index contributed by atoms with van der Waals surface area (Å²) in [7, 11) is 1.10. The summed E-state index contributed by atoms with van der Waals surface area (Å²) in [5.74, 6) is -1.75. The smallest absolute Gasteiger partial charge is 0.437 e. The molecule has 1 fully saturated rings. The Kier molecular flexibility index (Phi) is 4.15. The van der Waals surface area contributed by atoms with Gasteiger partial charge in [-0.1, -0.05) is 17.7 Å². The van der Waals surface area contributed by atoms with Gasteiger partial charge in [0.25, 0.3) is 5.91 Å². The van der Waals surface area contributed by atoms with E-state index in [4.69, 9.17) is 16.3 Å². The maximum atomic E-state index is 14.3. The van der Waals surface area contributed by atoms with Crippen molar-refractivity contribution in [2.45, 2.75) is 12.8 Å². The average molecular weight is 355 g/mol. The SMILES string of the molecule is COC(=O)Oc1cc(N2C(=O)C3=CCCCN3C2=O)c(F)cc1Cl. The molecule has 3 rings (SSSR count). The van der Waals surface area contributed by atoms with Crippen LogP contribution in [0.25, 0.3) is 0 Å². The van der Waals surface area contributed by atoms with Crippen LogP contribution in [0.4, 0.5) is 19.7 Å². The lowest BCUT2D eigenvalue weighted by Crippen LogP contribution is -2.34. The molecule has 1 saturated heterocycles. The minimum Gasteiger partial charge on any atom is -0.437 e. The second-order valence-corrected chi connectivity index (χ2v) is 5.50. The van der Waals surface area contributed by atoms with Gasteiger partial charge in [-0.25, -0.2) is 18.9 Å². The third kappa shape index (κ3) is 2.58. The molecule has 0 N–H and O–H groups in total. The summed E-state index contributed by atoms with van der Waals surface area (Å²) >= 11 is 5.82. The fourth-order valence-electron chi connectivity index (χ4n) is 2.55. The number of urea groups is 1. The predicted octanol–water partition coefficient (Wildman–Crippen LogP) is 3.07. The lowest BCUT2D eigenvalue weighted by molar-refractivity contribution is -0.114. The van der Waals surface area contributed by atoms with Crippen molar-refractivity contribution in [3.8, 4) is 5.75 Å². The third-order valence-corrected chi connectivity index (χ3v) is 3.96. The molecule has 9 heteroatoms. The van der Waals surface area contributed by atoms with Gasteiger partial charge in [0.2, 0.25) is 0 Å². The van der Waals surface area contributed by atoms with Crippen LogP contribution in [0.3, 0.4) is 0 Å². The number of nitrogens with zero attached hydrogens (tertiary/aromatic N) is 2. The van der Waals surface area contributed by atoms with Crippen LogP contribution in [0.1, 0.15) is 12.8 Å². The molecule has 24 heavy (non-hydrogen) atoms. The average Bonchev–Trinajstić information content (AvgIpc) is 2.82. The van der Waals surface area contributed by atoms with Crippen molar-refractivity contribution < 1.29 is 28.2 Å². The van der Waals surface area contributed by atoms with Crippen molar-refractivity contribution in [3.05, 3.63) is 34.7 Å². The molecule has 2 aliphatic rings. The van der Waals surface area contributed by atoms with E-state index in [1.807, 2.05) is 0 Å². The van der Waals surface area contributed by atoms with Crippen LogP contribution >= 0.6 is 11.6 Å². The second kappa shape index (κ2) is 6.12. The normalized spacial score (nSPS) is 16.9. The fourth-order valence-corrected chi connectivity index (χ4v) is 2.74. The minimum absolute atomic E-state index is 0.197. The Labute approximate surface area is 141 Å². The van der Waals surface area contributed by atoms with Crippen LogP contribution < -0.4 is 9.64 Å². The Hall–Kier alpha value is -2.61. The Bertz CT molecular complexity index is 779. The van der Waals surface area contributed by atoms with Gasteiger partial charge in [0.1, 0.15) is 11.5 Å². The third-order valence-electron chi connectivity index (χ3n) is 3.66. The maximum absolute atomic E-state index is 14.3. The highest BCUT2D eigenvalue weighted by Gasteiger charge is 2.43. The first-order valence-electron chi connectivity index (χ1n) is 7.05. The molecule has 0 aliphatic carbocycles. The van der Waals surface area contributed by atoms with Crippen LogP contribution in [-0.2, 0) is 9.53 Å². The number of carbonyl (C=O) groups is 3. The number of imide groups is 1. The molecule has 0 atom stereocenters. The number of hydrogen-bond donors (Lipinski definition) is 0. The van der Waals surface area contributed by atoms with Gasteiger partial charge in [-0.2, -0.15) is 0 Å². The Morgan fingerprint density at radius 1 is 1.33 bits per heavy atom. The molecule has 0 bridgehead atoms. The zero-order chi connectivity index (χ0) is 17.4. The molecule has 3 amide bonds. The molecule has 0 aromatic heterocycles. The molecule has 2 heterocycles. The molecule has 126 valence electrons. The molecule has 1 aromatic rings. The minimum atomic E-state index is -1.06. The van der Waals surface area contributed by atoms with Gasteiger partial charge in [-0.15, -0.1) is 0 Å². The summed E-state index contributed by atoms with van der Waals surface area (Å²) < 4.78 is 23.4. The lowest BCUT2D eigenvalue weighted by atomic mass is 10.2. The molecule has 2 aliphatic heterocycles. The number of rotatable bonds is 2. The molecule has 0 spiro atoms. The van der Waals surface area contributed by atoms with Crippen molar-refractivity contribution in [2.24, 2.45) is 0 Å². The monoisotopic (exact) mass is 354 g/mol. The lowest BCUT2D eigenvalue weighted by Gasteiger charge is -2.19. The molecule has 0 unspecified atom stereocenters. The Balaban J connectivity index is 2.03. The number of anilines is 1. The summed E-state index contributed by atoms with van der Waals surface area (Å²) in [6.07, 6.45) is 1.96. The summed E-state index contributed by atoms with van der Waals surface area (Å²) in [6, 6.07) is 1.22. The molecular weight excluding hydrogens is 343 g/mol. The summed E-state index contributed by atoms with van der Waals surface area (Å²) in [4.78, 5) is 38.1. The van der Waals surface area contributed by atoms with E-state index in [0.29, 0.717) is 17.9 Å². The summed E-state index contributed by atoms with van der Waals surface area (Å²) in [5.41, 5.74) is -0.125. The van der Waals surface area contributed by atoms with E-state index in [9.17, 15) is 18.8 Å². The van der Waals surface area contributed by atoms with E-state index in [0.717, 1.165) is 25.7 Å². The molecule has 7 nitrogen and oxygen atoms in total. The number of carbonyl (C=O) groups excluding carboxylic acids is 3. The number of hydrogen-bond acceptors (Lipinski definition) is 5. The molecule has 0 radical (unpaired) electrons. The number of fused-ring (bicyclic) bond motifs is 1. The van der Waals surface area contributed by atoms with Crippen molar-refractivity contribution in [1.82, 2.24) is 4.90 Å². The van der Waals surface area contributed by atoms with Gasteiger partial charge < -0.3 is 9.47 Å². The van der Waals surface area contributed by atoms with Crippen LogP contribution in [0.15, 0.2) is 23.9 Å². The van der Waals surface area contributed by atoms with Gasteiger partial charge in [-0.05, 0) is 18.9 Å². The van der Waals surface area contributed by atoms with Crippen LogP contribution in [-0.4, -0.2) is 36.6 Å². The largest absolute Gasteiger partial charge is 0.513 e. The van der Waals surface area contributed by atoms with Gasteiger partial charge in [-0.3, -0.25) is 9.69 Å². The first-order valence-corrected chi connectivity index (χ1v) is 7.42. The fraction of sp³-hybridized carbons (Fsp3) is 0.267. The molecule has 0 saturated carbocycles. The van der Waals surface area contributed by atoms with Gasteiger partial charge in [0.15, 0.2) is 5.75 Å². The summed E-state index contributed by atoms with van der Waals surface area (Å²) in [6.45, 7) is 0.383. The number of ether oxygens (including phenoxy) is 2. The van der Waals surface area contributed by atoms with Gasteiger partial charge in [0.05, 0.1) is 17.8 Å². The summed E-state index contributed by atoms with van der Waals surface area (Å²) in [5, 5.41) is -0.197. The van der Waals surface area contributed by atoms with Crippen molar-refractivity contribution in [2.75, 3.05) is 18.6 Å². The topological polar surface area (TPSA) is 76.2 Å². The van der Waals surface area contributed by atoms with Gasteiger partial charge >= 0.3 is 12.2 Å². The first kappa shape index (κ1) is 16.3. The number of halogens is 2. The standard InChI is InChI=1S/C15H12ClFN2O5/c1-23-15(22)24-12-7-11(9(17)6-8(12)16)19-13(20)10-4-2-3-5-18(10)14(19)21/h4,6-7H,2-3,5H2,1H3. The van der Waals surface area contributed by atoms with Crippen molar-refractivity contribution in [1.29, 1.82) is 0 Å². The van der Waals surface area contributed by atoms with Crippen LogP contribution in [0.2, 0.25) is 5.02 Å². The number of benzene rings is 1. The van der Waals surface area contributed by atoms with Crippen LogP contribution in [0, 0.1) is 5.82 Å². The van der Waals surface area contributed by atoms with Gasteiger partial charge in [0, 0.05) is 12.6 Å². The number of amides is 3. The maximum Gasteiger partial charge on any atom is 0.513 e. The Morgan fingerprint density at radius 2 is 2.08 bits per heavy atom. The van der Waals surface area contributed by atoms with E-state index in [1.165, 1.54) is 4.90 Å². The quantitative estimate of drug-likeness (QED) is 0.463. The highest BCUT2D eigenvalue weighted by molar-refractivity contribution is 6.32. The van der Waals surface area contributed by atoms with E-state index < -0.39 is 23.9 Å². The predicted molar refractivity (Wildman–Crippen MR) is 81.3 cm³/mol. The Morgan fingerprint density at radius 3 is 2.75 bits per heavy atom. The van der Waals surface area contributed by atoms with E-state index in [1.54, 1.807) is 6.08 Å². The van der Waals surface area contributed by atoms with Crippen molar-refractivity contribution >= 4 is 35.4 Å². The second-order valence-electron chi connectivity index (χ2n) is 5.10. The van der Waals surface area contributed by atoms with E-state index in [2.05, 4.69) is 4.74 Å². The zero-order valence-corrected chi connectivity index (χ0v) is 13.3. The van der Waals surface area contributed by atoms with Crippen LogP contribution in [0.5, 0.6) is 5.75 Å². The van der Waals surface area contributed by atoms with E-state index in [-0.39, 0.29) is 22.2 Å². The number of allylic oxidation sites excluding steroid dienone is 1. The highest BCUT2D eigenvalue weighted by atomic mass is 35.5. The highest BCUT2D eigenvalue weighted by Crippen LogP contribution is 2.37. The van der Waals surface area contributed by atoms with E-state index >= 15 is 0 Å². The molecular formula is C15H12ClFN2O5. The van der Waals surface area contributed by atoms with Crippen molar-refractivity contribution in [3.63, 3.8) is 0 Å².